The zero-order valence-electron chi connectivity index (χ0n) is 11.9. The molecule has 0 heterocycles. The molecule has 4 N–H and O–H groups in total. The first kappa shape index (κ1) is 18.2. The molecular weight excluding hydrogens is 268 g/mol. The van der Waals surface area contributed by atoms with E-state index >= 15 is 0 Å². The van der Waals surface area contributed by atoms with E-state index in [1.165, 1.54) is 6.92 Å². The van der Waals surface area contributed by atoms with Crippen LogP contribution in [0.2, 0.25) is 0 Å². The minimum atomic E-state index is -1.34. The van der Waals surface area contributed by atoms with Crippen LogP contribution in [0.15, 0.2) is 0 Å². The Morgan fingerprint density at radius 2 is 1.95 bits per heavy atom. The number of rotatable bonds is 8. The molecule has 0 spiro atoms. The predicted octanol–water partition coefficient (Wildman–Crippen LogP) is -0.116. The van der Waals surface area contributed by atoms with E-state index < -0.39 is 30.1 Å². The summed E-state index contributed by atoms with van der Waals surface area (Å²) >= 11 is 1.56. The smallest absolute Gasteiger partial charge is 0.328 e. The molecule has 1 amide bonds. The van der Waals surface area contributed by atoms with Crippen molar-refractivity contribution in [3.05, 3.63) is 0 Å². The van der Waals surface area contributed by atoms with Crippen molar-refractivity contribution in [3.8, 4) is 0 Å². The number of carbonyl (C=O) groups excluding carboxylic acids is 2. The van der Waals surface area contributed by atoms with Crippen molar-refractivity contribution in [2.45, 2.75) is 51.1 Å². The van der Waals surface area contributed by atoms with Crippen LogP contribution in [0, 0.1) is 0 Å². The van der Waals surface area contributed by atoms with Gasteiger partial charge in [-0.05, 0) is 19.6 Å². The van der Waals surface area contributed by atoms with Gasteiger partial charge in [0.15, 0.2) is 0 Å². The fourth-order valence-corrected chi connectivity index (χ4v) is 2.33. The Bertz CT molecular complexity index is 301. The molecule has 0 aliphatic carbocycles. The number of esters is 1. The number of nitrogens with one attached hydrogen (secondary N) is 1. The molecule has 0 fully saturated rings. The minimum absolute atomic E-state index is 0.0522. The molecule has 0 aliphatic heterocycles. The number of thioether (sulfide) groups is 1. The molecule has 2 unspecified atom stereocenters. The second-order valence-electron chi connectivity index (χ2n) is 4.16. The molecule has 0 rings (SSSR count). The van der Waals surface area contributed by atoms with Crippen molar-refractivity contribution in [2.24, 2.45) is 5.73 Å². The maximum absolute atomic E-state index is 11.8. The van der Waals surface area contributed by atoms with E-state index in [2.05, 4.69) is 5.32 Å². The van der Waals surface area contributed by atoms with Crippen LogP contribution in [0.5, 0.6) is 0 Å². The van der Waals surface area contributed by atoms with Gasteiger partial charge in [0, 0.05) is 5.25 Å². The summed E-state index contributed by atoms with van der Waals surface area (Å²) in [5.41, 5.74) is 5.81. The van der Waals surface area contributed by atoms with Crippen LogP contribution < -0.4 is 11.1 Å². The van der Waals surface area contributed by atoms with Gasteiger partial charge in [-0.3, -0.25) is 4.79 Å². The van der Waals surface area contributed by atoms with Gasteiger partial charge in [0.25, 0.3) is 5.91 Å². The van der Waals surface area contributed by atoms with E-state index in [0.717, 1.165) is 5.75 Å². The van der Waals surface area contributed by atoms with E-state index in [0.29, 0.717) is 0 Å². The first-order valence-corrected chi connectivity index (χ1v) is 7.42. The van der Waals surface area contributed by atoms with E-state index in [9.17, 15) is 14.7 Å². The maximum atomic E-state index is 11.8. The standard InChI is InChI=1S/C12H24N2O4S/c1-5-18-12(17)7(3)14-11(16)10(15)9(13)8(4)19-6-2/h7-10,15H,5-6,13H2,1-4H3,(H,14,16)/t7-,8?,9+,10?/m1/s1. The normalized spacial score (nSPS) is 17.2. The quantitative estimate of drug-likeness (QED) is 0.539. The summed E-state index contributed by atoms with van der Waals surface area (Å²) in [7, 11) is 0. The Hall–Kier alpha value is -0.790. The zero-order valence-corrected chi connectivity index (χ0v) is 12.7. The number of hydrogen-bond acceptors (Lipinski definition) is 6. The van der Waals surface area contributed by atoms with E-state index in [1.54, 1.807) is 18.7 Å². The van der Waals surface area contributed by atoms with Crippen LogP contribution in [-0.2, 0) is 14.3 Å². The third-order valence-corrected chi connectivity index (χ3v) is 3.78. The highest BCUT2D eigenvalue weighted by Crippen LogP contribution is 2.14. The highest BCUT2D eigenvalue weighted by atomic mass is 32.2. The van der Waals surface area contributed by atoms with Gasteiger partial charge in [-0.25, -0.2) is 4.79 Å². The molecule has 0 radical (unpaired) electrons. The maximum Gasteiger partial charge on any atom is 0.328 e. The molecule has 0 aliphatic rings. The number of aliphatic hydroxyl groups is 1. The summed E-state index contributed by atoms with van der Waals surface area (Å²) in [6, 6.07) is -1.48. The summed E-state index contributed by atoms with van der Waals surface area (Å²) < 4.78 is 4.76. The first-order chi connectivity index (χ1) is 8.84. The molecule has 0 bridgehead atoms. The van der Waals surface area contributed by atoms with E-state index in [1.807, 2.05) is 13.8 Å². The van der Waals surface area contributed by atoms with Crippen molar-refractivity contribution in [1.82, 2.24) is 5.32 Å². The summed E-state index contributed by atoms with van der Waals surface area (Å²) in [6.45, 7) is 7.25. The molecule has 6 nitrogen and oxygen atoms in total. The SMILES string of the molecule is CCOC(=O)[C@@H](C)NC(=O)C(O)[C@@H](N)C(C)SCC. The Morgan fingerprint density at radius 1 is 1.37 bits per heavy atom. The third-order valence-electron chi connectivity index (χ3n) is 2.60. The van der Waals surface area contributed by atoms with E-state index in [-0.39, 0.29) is 11.9 Å². The Labute approximate surface area is 118 Å². The fraction of sp³-hybridized carbons (Fsp3) is 0.833. The summed E-state index contributed by atoms with van der Waals surface area (Å²) in [5, 5.41) is 12.2. The van der Waals surface area contributed by atoms with Gasteiger partial charge in [0.1, 0.15) is 12.1 Å². The zero-order chi connectivity index (χ0) is 15.0. The van der Waals surface area contributed by atoms with Crippen LogP contribution >= 0.6 is 11.8 Å². The summed E-state index contributed by atoms with van der Waals surface area (Å²) in [6.07, 6.45) is -1.34. The van der Waals surface area contributed by atoms with Gasteiger partial charge < -0.3 is 20.9 Å². The fourth-order valence-electron chi connectivity index (χ4n) is 1.43. The Kier molecular flexibility index (Phi) is 8.79. The van der Waals surface area contributed by atoms with Gasteiger partial charge in [-0.2, -0.15) is 11.8 Å². The molecule has 112 valence electrons. The van der Waals surface area contributed by atoms with Crippen molar-refractivity contribution in [2.75, 3.05) is 12.4 Å². The largest absolute Gasteiger partial charge is 0.464 e. The average molecular weight is 292 g/mol. The van der Waals surface area contributed by atoms with Crippen LogP contribution in [0.3, 0.4) is 0 Å². The lowest BCUT2D eigenvalue weighted by Crippen LogP contribution is -2.53. The summed E-state index contributed by atoms with van der Waals surface area (Å²) in [4.78, 5) is 23.1. The van der Waals surface area contributed by atoms with E-state index in [4.69, 9.17) is 10.5 Å². The monoisotopic (exact) mass is 292 g/mol. The lowest BCUT2D eigenvalue weighted by molar-refractivity contribution is -0.148. The molecule has 0 aromatic carbocycles. The van der Waals surface area contributed by atoms with Crippen molar-refractivity contribution in [1.29, 1.82) is 0 Å². The second kappa shape index (κ2) is 9.17. The Morgan fingerprint density at radius 3 is 2.42 bits per heavy atom. The first-order valence-electron chi connectivity index (χ1n) is 6.37. The van der Waals surface area contributed by atoms with Gasteiger partial charge in [-0.1, -0.05) is 13.8 Å². The lowest BCUT2D eigenvalue weighted by atomic mass is 10.1. The molecule has 0 saturated heterocycles. The molecule has 0 saturated carbocycles. The highest BCUT2D eigenvalue weighted by Gasteiger charge is 2.29. The number of nitrogens with two attached hydrogens (primary N) is 1. The molecular formula is C12H24N2O4S. The molecule has 4 atom stereocenters. The van der Waals surface area contributed by atoms with Crippen molar-refractivity contribution >= 4 is 23.6 Å². The number of carbonyl (C=O) groups is 2. The topological polar surface area (TPSA) is 102 Å². The second-order valence-corrected chi connectivity index (χ2v) is 5.82. The van der Waals surface area contributed by atoms with Gasteiger partial charge in [0.2, 0.25) is 0 Å². The van der Waals surface area contributed by atoms with Crippen LogP contribution in [0.4, 0.5) is 0 Å². The number of hydrogen-bond donors (Lipinski definition) is 3. The third kappa shape index (κ3) is 6.26. The molecule has 0 aromatic rings. The van der Waals surface area contributed by atoms with Crippen LogP contribution in [0.1, 0.15) is 27.7 Å². The average Bonchev–Trinajstić information content (AvgIpc) is 2.37. The number of amides is 1. The molecule has 0 aromatic heterocycles. The van der Waals surface area contributed by atoms with Crippen molar-refractivity contribution < 1.29 is 19.4 Å². The van der Waals surface area contributed by atoms with Gasteiger partial charge in [-0.15, -0.1) is 0 Å². The Balaban J connectivity index is 4.37. The number of aliphatic hydroxyl groups excluding tert-OH is 1. The van der Waals surface area contributed by atoms with Crippen LogP contribution in [0.25, 0.3) is 0 Å². The number of ether oxygens (including phenoxy) is 1. The lowest BCUT2D eigenvalue weighted by Gasteiger charge is -2.24. The minimum Gasteiger partial charge on any atom is -0.464 e. The van der Waals surface area contributed by atoms with Gasteiger partial charge in [0.05, 0.1) is 12.6 Å². The highest BCUT2D eigenvalue weighted by molar-refractivity contribution is 7.99. The van der Waals surface area contributed by atoms with Gasteiger partial charge >= 0.3 is 5.97 Å². The predicted molar refractivity (Wildman–Crippen MR) is 75.8 cm³/mol. The van der Waals surface area contributed by atoms with Crippen LogP contribution in [-0.4, -0.2) is 52.8 Å². The molecule has 7 heteroatoms. The summed E-state index contributed by atoms with van der Waals surface area (Å²) in [5.74, 6) is -0.341. The molecule has 19 heavy (non-hydrogen) atoms. The van der Waals surface area contributed by atoms with Crippen molar-refractivity contribution in [3.63, 3.8) is 0 Å².